The normalized spacial score (nSPS) is 11.0. The Labute approximate surface area is 138 Å². The molecular formula is C17H12Cl2N2O. The Kier molecular flexibility index (Phi) is 4.47. The Balaban J connectivity index is 1.75. The topological polar surface area (TPSA) is 37.5 Å². The minimum atomic E-state index is 0.588. The summed E-state index contributed by atoms with van der Waals surface area (Å²) in [5.41, 5.74) is 4.59. The third-order valence-electron chi connectivity index (χ3n) is 2.98. The molecule has 0 radical (unpaired) electrons. The third kappa shape index (κ3) is 3.50. The van der Waals surface area contributed by atoms with Gasteiger partial charge >= 0.3 is 0 Å². The smallest absolute Gasteiger partial charge is 0.147 e. The molecule has 110 valence electrons. The molecule has 0 fully saturated rings. The van der Waals surface area contributed by atoms with Crippen molar-refractivity contribution in [1.29, 1.82) is 0 Å². The van der Waals surface area contributed by atoms with Crippen molar-refractivity contribution in [3.63, 3.8) is 0 Å². The van der Waals surface area contributed by atoms with Crippen LogP contribution in [-0.4, -0.2) is 6.21 Å². The van der Waals surface area contributed by atoms with E-state index < -0.39 is 0 Å². The zero-order chi connectivity index (χ0) is 15.4. The molecule has 1 heterocycles. The van der Waals surface area contributed by atoms with Crippen molar-refractivity contribution in [2.45, 2.75) is 0 Å². The second kappa shape index (κ2) is 6.69. The highest BCUT2D eigenvalue weighted by Gasteiger charge is 2.08. The van der Waals surface area contributed by atoms with E-state index in [9.17, 15) is 0 Å². The van der Waals surface area contributed by atoms with Crippen LogP contribution in [0.25, 0.3) is 11.3 Å². The number of hydrogen-bond donors (Lipinski definition) is 1. The van der Waals surface area contributed by atoms with E-state index in [0.717, 1.165) is 11.3 Å². The molecule has 0 bridgehead atoms. The van der Waals surface area contributed by atoms with E-state index in [2.05, 4.69) is 10.5 Å². The van der Waals surface area contributed by atoms with Crippen LogP contribution in [-0.2, 0) is 0 Å². The molecule has 1 aromatic heterocycles. The fourth-order valence-electron chi connectivity index (χ4n) is 1.94. The van der Waals surface area contributed by atoms with Gasteiger partial charge in [0, 0.05) is 10.6 Å². The molecule has 0 saturated carbocycles. The molecule has 0 saturated heterocycles. The summed E-state index contributed by atoms with van der Waals surface area (Å²) in [4.78, 5) is 0. The number of para-hydroxylation sites is 1. The van der Waals surface area contributed by atoms with Gasteiger partial charge in [-0.3, -0.25) is 5.43 Å². The maximum atomic E-state index is 6.16. The van der Waals surface area contributed by atoms with Crippen LogP contribution in [0.1, 0.15) is 5.76 Å². The van der Waals surface area contributed by atoms with E-state index in [1.807, 2.05) is 42.5 Å². The van der Waals surface area contributed by atoms with Crippen molar-refractivity contribution in [1.82, 2.24) is 0 Å². The molecule has 0 aliphatic heterocycles. The standard InChI is InChI=1S/C17H12Cl2N2O/c18-12-6-8-16(19)15(10-12)17-9-7-14(22-17)11-20-21-13-4-2-1-3-5-13/h1-11,21H/b20-11+. The maximum absolute atomic E-state index is 6.16. The lowest BCUT2D eigenvalue weighted by atomic mass is 10.2. The van der Waals surface area contributed by atoms with Gasteiger partial charge in [-0.2, -0.15) is 5.10 Å². The maximum Gasteiger partial charge on any atom is 0.147 e. The molecule has 0 amide bonds. The fraction of sp³-hybridized carbons (Fsp3) is 0. The van der Waals surface area contributed by atoms with Crippen molar-refractivity contribution >= 4 is 35.1 Å². The van der Waals surface area contributed by atoms with Crippen LogP contribution in [0.3, 0.4) is 0 Å². The quantitative estimate of drug-likeness (QED) is 0.492. The number of hydrazone groups is 1. The molecule has 0 atom stereocenters. The fourth-order valence-corrected chi connectivity index (χ4v) is 2.32. The van der Waals surface area contributed by atoms with Gasteiger partial charge in [0.1, 0.15) is 11.5 Å². The minimum absolute atomic E-state index is 0.588. The Morgan fingerprint density at radius 1 is 0.955 bits per heavy atom. The van der Waals surface area contributed by atoms with Crippen LogP contribution in [0.15, 0.2) is 70.2 Å². The molecule has 5 heteroatoms. The van der Waals surface area contributed by atoms with Gasteiger partial charge in [-0.1, -0.05) is 41.4 Å². The predicted molar refractivity (Wildman–Crippen MR) is 91.8 cm³/mol. The first-order chi connectivity index (χ1) is 10.7. The Morgan fingerprint density at radius 3 is 2.59 bits per heavy atom. The summed E-state index contributed by atoms with van der Waals surface area (Å²) < 4.78 is 5.71. The Morgan fingerprint density at radius 2 is 1.77 bits per heavy atom. The van der Waals surface area contributed by atoms with Gasteiger partial charge in [0.25, 0.3) is 0 Å². The monoisotopic (exact) mass is 330 g/mol. The van der Waals surface area contributed by atoms with Gasteiger partial charge in [0.05, 0.1) is 16.9 Å². The molecule has 1 N–H and O–H groups in total. The lowest BCUT2D eigenvalue weighted by Crippen LogP contribution is -1.88. The minimum Gasteiger partial charge on any atom is -0.455 e. The third-order valence-corrected chi connectivity index (χ3v) is 3.54. The van der Waals surface area contributed by atoms with E-state index in [1.165, 1.54) is 0 Å². The first-order valence-electron chi connectivity index (χ1n) is 6.62. The van der Waals surface area contributed by atoms with Gasteiger partial charge in [0.2, 0.25) is 0 Å². The highest BCUT2D eigenvalue weighted by Crippen LogP contribution is 2.31. The molecule has 2 aromatic carbocycles. The van der Waals surface area contributed by atoms with Gasteiger partial charge in [-0.05, 0) is 42.5 Å². The van der Waals surface area contributed by atoms with Gasteiger partial charge < -0.3 is 4.42 Å². The predicted octanol–water partition coefficient (Wildman–Crippen LogP) is 5.70. The number of hydrogen-bond acceptors (Lipinski definition) is 3. The second-order valence-electron chi connectivity index (χ2n) is 4.56. The van der Waals surface area contributed by atoms with E-state index >= 15 is 0 Å². The molecular weight excluding hydrogens is 319 g/mol. The SMILES string of the molecule is Clc1ccc(Cl)c(-c2ccc(/C=N/Nc3ccccc3)o2)c1. The van der Waals surface area contributed by atoms with E-state index in [4.69, 9.17) is 27.6 Å². The van der Waals surface area contributed by atoms with Crippen LogP contribution in [0.2, 0.25) is 10.0 Å². The average Bonchev–Trinajstić information content (AvgIpc) is 2.99. The number of rotatable bonds is 4. The number of nitrogens with zero attached hydrogens (tertiary/aromatic N) is 1. The van der Waals surface area contributed by atoms with Crippen LogP contribution >= 0.6 is 23.2 Å². The Bertz CT molecular complexity index is 797. The van der Waals surface area contributed by atoms with Crippen molar-refractivity contribution in [3.05, 3.63) is 76.5 Å². The number of nitrogens with one attached hydrogen (secondary N) is 1. The summed E-state index contributed by atoms with van der Waals surface area (Å²) in [6.45, 7) is 0. The summed E-state index contributed by atoms with van der Waals surface area (Å²) in [7, 11) is 0. The van der Waals surface area contributed by atoms with Crippen LogP contribution in [0.4, 0.5) is 5.69 Å². The van der Waals surface area contributed by atoms with Crippen molar-refractivity contribution in [2.24, 2.45) is 5.10 Å². The summed E-state index contributed by atoms with van der Waals surface area (Å²) >= 11 is 12.1. The second-order valence-corrected chi connectivity index (χ2v) is 5.41. The summed E-state index contributed by atoms with van der Waals surface area (Å²) in [5.74, 6) is 1.27. The van der Waals surface area contributed by atoms with Crippen LogP contribution < -0.4 is 5.43 Å². The summed E-state index contributed by atoms with van der Waals surface area (Å²) in [5, 5.41) is 5.33. The van der Waals surface area contributed by atoms with Crippen LogP contribution in [0.5, 0.6) is 0 Å². The molecule has 0 aliphatic carbocycles. The van der Waals surface area contributed by atoms with E-state index in [0.29, 0.717) is 21.6 Å². The molecule has 0 aliphatic rings. The van der Waals surface area contributed by atoms with Gasteiger partial charge in [0.15, 0.2) is 0 Å². The average molecular weight is 331 g/mol. The zero-order valence-electron chi connectivity index (χ0n) is 11.5. The molecule has 22 heavy (non-hydrogen) atoms. The zero-order valence-corrected chi connectivity index (χ0v) is 13.0. The summed E-state index contributed by atoms with van der Waals surface area (Å²) in [6.07, 6.45) is 1.61. The molecule has 3 rings (SSSR count). The molecule has 0 unspecified atom stereocenters. The molecule has 3 nitrogen and oxygen atoms in total. The molecule has 0 spiro atoms. The number of halogens is 2. The number of furan rings is 1. The van der Waals surface area contributed by atoms with E-state index in [-0.39, 0.29) is 0 Å². The van der Waals surface area contributed by atoms with Crippen molar-refractivity contribution in [2.75, 3.05) is 5.43 Å². The van der Waals surface area contributed by atoms with E-state index in [1.54, 1.807) is 24.4 Å². The first kappa shape index (κ1) is 14.7. The van der Waals surface area contributed by atoms with Crippen molar-refractivity contribution < 1.29 is 4.42 Å². The van der Waals surface area contributed by atoms with Crippen molar-refractivity contribution in [3.8, 4) is 11.3 Å². The Hall–Kier alpha value is -2.23. The lowest BCUT2D eigenvalue weighted by molar-refractivity contribution is 0.575. The highest BCUT2D eigenvalue weighted by molar-refractivity contribution is 6.35. The highest BCUT2D eigenvalue weighted by atomic mass is 35.5. The van der Waals surface area contributed by atoms with Gasteiger partial charge in [-0.15, -0.1) is 0 Å². The summed E-state index contributed by atoms with van der Waals surface area (Å²) in [6, 6.07) is 18.6. The number of benzene rings is 2. The first-order valence-corrected chi connectivity index (χ1v) is 7.37. The lowest BCUT2D eigenvalue weighted by Gasteiger charge is -2.01. The molecule has 3 aromatic rings. The largest absolute Gasteiger partial charge is 0.455 e. The number of anilines is 1. The van der Waals surface area contributed by atoms with Gasteiger partial charge in [-0.25, -0.2) is 0 Å². The van der Waals surface area contributed by atoms with Crippen LogP contribution in [0, 0.1) is 0 Å².